The molecular weight excluding hydrogens is 288 g/mol. The van der Waals surface area contributed by atoms with Crippen molar-refractivity contribution >= 4 is 28.7 Å². The van der Waals surface area contributed by atoms with E-state index in [0.29, 0.717) is 31.3 Å². The van der Waals surface area contributed by atoms with Gasteiger partial charge in [0.2, 0.25) is 5.91 Å². The number of rotatable bonds is 6. The highest BCUT2D eigenvalue weighted by Gasteiger charge is 2.23. The predicted octanol–water partition coefficient (Wildman–Crippen LogP) is 2.19. The van der Waals surface area contributed by atoms with Crippen molar-refractivity contribution in [2.45, 2.75) is 45.2 Å². The van der Waals surface area contributed by atoms with Gasteiger partial charge in [-0.05, 0) is 31.4 Å². The first-order valence-electron chi connectivity index (χ1n) is 7.34. The SMILES string of the molecule is Cc1cnc2c(c1)nc(CCCl)n2CCC(=O)NC1CC1. The van der Waals surface area contributed by atoms with Crippen LogP contribution < -0.4 is 5.32 Å². The number of hydrogen-bond donors (Lipinski definition) is 1. The predicted molar refractivity (Wildman–Crippen MR) is 82.5 cm³/mol. The van der Waals surface area contributed by atoms with Crippen LogP contribution in [-0.4, -0.2) is 32.4 Å². The maximum absolute atomic E-state index is 11.9. The van der Waals surface area contributed by atoms with Crippen LogP contribution in [-0.2, 0) is 17.8 Å². The number of aromatic nitrogens is 3. The van der Waals surface area contributed by atoms with Crippen LogP contribution in [0.15, 0.2) is 12.3 Å². The average molecular weight is 307 g/mol. The highest BCUT2D eigenvalue weighted by atomic mass is 35.5. The van der Waals surface area contributed by atoms with Gasteiger partial charge >= 0.3 is 0 Å². The van der Waals surface area contributed by atoms with Crippen molar-refractivity contribution in [1.29, 1.82) is 0 Å². The number of alkyl halides is 1. The minimum absolute atomic E-state index is 0.100. The molecule has 21 heavy (non-hydrogen) atoms. The van der Waals surface area contributed by atoms with Crippen LogP contribution in [0.25, 0.3) is 11.2 Å². The number of nitrogens with zero attached hydrogens (tertiary/aromatic N) is 3. The van der Waals surface area contributed by atoms with Gasteiger partial charge in [-0.15, -0.1) is 11.6 Å². The number of pyridine rings is 1. The van der Waals surface area contributed by atoms with Crippen molar-refractivity contribution in [3.8, 4) is 0 Å². The highest BCUT2D eigenvalue weighted by molar-refractivity contribution is 6.17. The van der Waals surface area contributed by atoms with Crippen molar-refractivity contribution in [1.82, 2.24) is 19.9 Å². The minimum atomic E-state index is 0.100. The van der Waals surface area contributed by atoms with Crippen molar-refractivity contribution in [3.63, 3.8) is 0 Å². The zero-order valence-electron chi connectivity index (χ0n) is 12.1. The lowest BCUT2D eigenvalue weighted by molar-refractivity contribution is -0.121. The molecule has 112 valence electrons. The fourth-order valence-electron chi connectivity index (χ4n) is 2.41. The Balaban J connectivity index is 1.80. The van der Waals surface area contributed by atoms with E-state index >= 15 is 0 Å². The third-order valence-electron chi connectivity index (χ3n) is 3.62. The van der Waals surface area contributed by atoms with Crippen molar-refractivity contribution in [2.75, 3.05) is 5.88 Å². The third-order valence-corrected chi connectivity index (χ3v) is 3.81. The molecule has 6 heteroatoms. The molecule has 2 heterocycles. The molecule has 2 aromatic heterocycles. The summed E-state index contributed by atoms with van der Waals surface area (Å²) in [6.45, 7) is 2.59. The van der Waals surface area contributed by atoms with E-state index in [1.54, 1.807) is 0 Å². The highest BCUT2D eigenvalue weighted by Crippen LogP contribution is 2.19. The smallest absolute Gasteiger partial charge is 0.222 e. The van der Waals surface area contributed by atoms with Gasteiger partial charge in [-0.1, -0.05) is 0 Å². The zero-order chi connectivity index (χ0) is 14.8. The Kier molecular flexibility index (Phi) is 4.10. The number of carbonyl (C=O) groups is 1. The summed E-state index contributed by atoms with van der Waals surface area (Å²) in [7, 11) is 0. The molecule has 1 amide bonds. The second-order valence-electron chi connectivity index (χ2n) is 5.57. The number of nitrogens with one attached hydrogen (secondary N) is 1. The molecule has 0 spiro atoms. The molecule has 0 atom stereocenters. The number of imidazole rings is 1. The summed E-state index contributed by atoms with van der Waals surface area (Å²) < 4.78 is 2.02. The molecule has 5 nitrogen and oxygen atoms in total. The molecule has 1 aliphatic rings. The van der Waals surface area contributed by atoms with Gasteiger partial charge in [-0.3, -0.25) is 4.79 Å². The lowest BCUT2D eigenvalue weighted by Crippen LogP contribution is -2.26. The normalized spacial score (nSPS) is 14.6. The molecule has 3 rings (SSSR count). The van der Waals surface area contributed by atoms with E-state index in [9.17, 15) is 4.79 Å². The standard InChI is InChI=1S/C15H19ClN4O/c1-10-8-12-15(17-9-10)20(13(19-12)4-6-16)7-5-14(21)18-11-2-3-11/h8-9,11H,2-7H2,1H3,(H,18,21). The van der Waals surface area contributed by atoms with Crippen molar-refractivity contribution in [3.05, 3.63) is 23.7 Å². The summed E-state index contributed by atoms with van der Waals surface area (Å²) in [5, 5.41) is 3.01. The van der Waals surface area contributed by atoms with E-state index in [2.05, 4.69) is 15.3 Å². The molecular formula is C15H19ClN4O. The molecule has 1 saturated carbocycles. The number of fused-ring (bicyclic) bond motifs is 1. The van der Waals surface area contributed by atoms with Crippen molar-refractivity contribution in [2.24, 2.45) is 0 Å². The zero-order valence-corrected chi connectivity index (χ0v) is 12.9. The van der Waals surface area contributed by atoms with E-state index in [1.807, 2.05) is 23.8 Å². The summed E-state index contributed by atoms with van der Waals surface area (Å²) in [5.74, 6) is 1.51. The fourth-order valence-corrected chi connectivity index (χ4v) is 2.58. The quantitative estimate of drug-likeness (QED) is 0.832. The third kappa shape index (κ3) is 3.35. The summed E-state index contributed by atoms with van der Waals surface area (Å²) in [4.78, 5) is 20.9. The molecule has 1 fully saturated rings. The lowest BCUT2D eigenvalue weighted by atomic mass is 10.3. The summed E-state index contributed by atoms with van der Waals surface area (Å²) in [6.07, 6.45) is 5.18. The number of halogens is 1. The van der Waals surface area contributed by atoms with E-state index < -0.39 is 0 Å². The summed E-state index contributed by atoms with van der Waals surface area (Å²) in [5.41, 5.74) is 2.79. The molecule has 0 aromatic carbocycles. The minimum Gasteiger partial charge on any atom is -0.353 e. The number of hydrogen-bond acceptors (Lipinski definition) is 3. The average Bonchev–Trinajstić information content (AvgIpc) is 3.18. The van der Waals surface area contributed by atoms with Crippen LogP contribution in [0.3, 0.4) is 0 Å². The Morgan fingerprint density at radius 3 is 3.05 bits per heavy atom. The number of aryl methyl sites for hydroxylation is 3. The van der Waals surface area contributed by atoms with Crippen LogP contribution in [0.1, 0.15) is 30.7 Å². The maximum atomic E-state index is 11.9. The van der Waals surface area contributed by atoms with Crippen LogP contribution in [0.5, 0.6) is 0 Å². The number of amides is 1. The van der Waals surface area contributed by atoms with Gasteiger partial charge in [-0.2, -0.15) is 0 Å². The van der Waals surface area contributed by atoms with Crippen LogP contribution >= 0.6 is 11.6 Å². The second-order valence-corrected chi connectivity index (χ2v) is 5.94. The number of carbonyl (C=O) groups excluding carboxylic acids is 1. The molecule has 1 N–H and O–H groups in total. The molecule has 1 aliphatic carbocycles. The van der Waals surface area contributed by atoms with Gasteiger partial charge in [0.1, 0.15) is 11.3 Å². The van der Waals surface area contributed by atoms with Crippen LogP contribution in [0, 0.1) is 6.92 Å². The fraction of sp³-hybridized carbons (Fsp3) is 0.533. The van der Waals surface area contributed by atoms with Gasteiger partial charge in [0.25, 0.3) is 0 Å². The Morgan fingerprint density at radius 1 is 1.52 bits per heavy atom. The molecule has 0 radical (unpaired) electrons. The topological polar surface area (TPSA) is 59.8 Å². The summed E-state index contributed by atoms with van der Waals surface area (Å²) >= 11 is 5.85. The lowest BCUT2D eigenvalue weighted by Gasteiger charge is -2.08. The summed E-state index contributed by atoms with van der Waals surface area (Å²) in [6, 6.07) is 2.42. The van der Waals surface area contributed by atoms with E-state index in [-0.39, 0.29) is 5.91 Å². The molecule has 2 aromatic rings. The Bertz CT molecular complexity index is 663. The van der Waals surface area contributed by atoms with Gasteiger partial charge in [0.15, 0.2) is 5.65 Å². The first kappa shape index (κ1) is 14.3. The Hall–Kier alpha value is -1.62. The Morgan fingerprint density at radius 2 is 2.33 bits per heavy atom. The van der Waals surface area contributed by atoms with Crippen LogP contribution in [0.4, 0.5) is 0 Å². The van der Waals surface area contributed by atoms with Gasteiger partial charge in [-0.25, -0.2) is 9.97 Å². The second kappa shape index (κ2) is 6.02. The monoisotopic (exact) mass is 306 g/mol. The largest absolute Gasteiger partial charge is 0.353 e. The van der Waals surface area contributed by atoms with Crippen LogP contribution in [0.2, 0.25) is 0 Å². The molecule has 0 saturated heterocycles. The van der Waals surface area contributed by atoms with E-state index in [0.717, 1.165) is 35.4 Å². The Labute approximate surface area is 128 Å². The first-order valence-corrected chi connectivity index (χ1v) is 7.88. The molecule has 0 unspecified atom stereocenters. The maximum Gasteiger partial charge on any atom is 0.222 e. The van der Waals surface area contributed by atoms with Crippen molar-refractivity contribution < 1.29 is 4.79 Å². The molecule has 0 bridgehead atoms. The van der Waals surface area contributed by atoms with Gasteiger partial charge in [0, 0.05) is 37.5 Å². The van der Waals surface area contributed by atoms with E-state index in [1.165, 1.54) is 0 Å². The molecule has 0 aliphatic heterocycles. The van der Waals surface area contributed by atoms with E-state index in [4.69, 9.17) is 11.6 Å². The van der Waals surface area contributed by atoms with Gasteiger partial charge < -0.3 is 9.88 Å². The first-order chi connectivity index (χ1) is 10.2. The van der Waals surface area contributed by atoms with Gasteiger partial charge in [0.05, 0.1) is 0 Å².